The zero-order chi connectivity index (χ0) is 10.8. The lowest BCUT2D eigenvalue weighted by molar-refractivity contribution is 0.730. The van der Waals surface area contributed by atoms with Gasteiger partial charge in [-0.1, -0.05) is 0 Å². The van der Waals surface area contributed by atoms with Crippen LogP contribution >= 0.6 is 11.3 Å². The van der Waals surface area contributed by atoms with Gasteiger partial charge in [0.1, 0.15) is 0 Å². The van der Waals surface area contributed by atoms with E-state index in [0.717, 1.165) is 12.2 Å². The molecular weight excluding hydrogens is 206 g/mol. The lowest BCUT2D eigenvalue weighted by Crippen LogP contribution is -2.01. The minimum Gasteiger partial charge on any atom is -0.380 e. The maximum atomic E-state index is 4.39. The number of hydrogen-bond acceptors (Lipinski definition) is 3. The van der Waals surface area contributed by atoms with Crippen LogP contribution in [0.5, 0.6) is 0 Å². The standard InChI is InChI=1S/C11H15N3S/c1-8-11(9(2)14(3)13-8)6-12-10-4-5-15-7-10/h4-5,7,12H,6H2,1-3H3. The highest BCUT2D eigenvalue weighted by Gasteiger charge is 2.08. The third-order valence-corrected chi connectivity index (χ3v) is 3.33. The number of anilines is 1. The Hall–Kier alpha value is -1.29. The van der Waals surface area contributed by atoms with Crippen molar-refractivity contribution < 1.29 is 0 Å². The van der Waals surface area contributed by atoms with Crippen molar-refractivity contribution in [2.24, 2.45) is 7.05 Å². The smallest absolute Gasteiger partial charge is 0.0646 e. The van der Waals surface area contributed by atoms with E-state index in [1.54, 1.807) is 11.3 Å². The maximum Gasteiger partial charge on any atom is 0.0646 e. The summed E-state index contributed by atoms with van der Waals surface area (Å²) in [5.74, 6) is 0. The molecule has 0 saturated heterocycles. The van der Waals surface area contributed by atoms with E-state index in [-0.39, 0.29) is 0 Å². The van der Waals surface area contributed by atoms with Gasteiger partial charge < -0.3 is 5.32 Å². The van der Waals surface area contributed by atoms with Crippen molar-refractivity contribution in [3.63, 3.8) is 0 Å². The van der Waals surface area contributed by atoms with E-state index >= 15 is 0 Å². The van der Waals surface area contributed by atoms with Crippen molar-refractivity contribution >= 4 is 17.0 Å². The molecule has 0 radical (unpaired) electrons. The molecule has 2 aromatic rings. The second-order valence-electron chi connectivity index (χ2n) is 3.64. The van der Waals surface area contributed by atoms with Gasteiger partial charge >= 0.3 is 0 Å². The van der Waals surface area contributed by atoms with Crippen LogP contribution in [0.25, 0.3) is 0 Å². The van der Waals surface area contributed by atoms with Gasteiger partial charge in [-0.15, -0.1) is 0 Å². The molecule has 2 aromatic heterocycles. The van der Waals surface area contributed by atoms with E-state index in [4.69, 9.17) is 0 Å². The first-order chi connectivity index (χ1) is 7.18. The van der Waals surface area contributed by atoms with Crippen LogP contribution in [-0.4, -0.2) is 9.78 Å². The summed E-state index contributed by atoms with van der Waals surface area (Å²) in [5, 5.41) is 12.0. The van der Waals surface area contributed by atoms with Gasteiger partial charge in [0.05, 0.1) is 5.69 Å². The van der Waals surface area contributed by atoms with Gasteiger partial charge in [-0.2, -0.15) is 16.4 Å². The lowest BCUT2D eigenvalue weighted by atomic mass is 10.2. The van der Waals surface area contributed by atoms with Crippen LogP contribution < -0.4 is 5.32 Å². The van der Waals surface area contributed by atoms with E-state index in [1.807, 2.05) is 11.7 Å². The third-order valence-electron chi connectivity index (χ3n) is 2.65. The van der Waals surface area contributed by atoms with Gasteiger partial charge in [-0.25, -0.2) is 0 Å². The SMILES string of the molecule is Cc1nn(C)c(C)c1CNc1ccsc1. The fraction of sp³-hybridized carbons (Fsp3) is 0.364. The fourth-order valence-electron chi connectivity index (χ4n) is 1.63. The normalized spacial score (nSPS) is 10.6. The van der Waals surface area contributed by atoms with Gasteiger partial charge in [-0.3, -0.25) is 4.68 Å². The van der Waals surface area contributed by atoms with E-state index in [0.29, 0.717) is 0 Å². The number of aryl methyl sites for hydroxylation is 2. The second kappa shape index (κ2) is 4.06. The van der Waals surface area contributed by atoms with E-state index in [9.17, 15) is 0 Å². The Morgan fingerprint density at radius 3 is 2.80 bits per heavy atom. The molecule has 0 spiro atoms. The summed E-state index contributed by atoms with van der Waals surface area (Å²) in [6.07, 6.45) is 0. The Morgan fingerprint density at radius 1 is 1.47 bits per heavy atom. The Bertz CT molecular complexity index is 443. The van der Waals surface area contributed by atoms with Gasteiger partial charge in [0.15, 0.2) is 0 Å². The molecule has 2 heterocycles. The molecule has 4 heteroatoms. The van der Waals surface area contributed by atoms with E-state index < -0.39 is 0 Å². The minimum atomic E-state index is 0.849. The van der Waals surface area contributed by atoms with Gasteiger partial charge in [0.2, 0.25) is 0 Å². The highest BCUT2D eigenvalue weighted by molar-refractivity contribution is 7.08. The van der Waals surface area contributed by atoms with Crippen LogP contribution in [0.2, 0.25) is 0 Å². The number of nitrogens with one attached hydrogen (secondary N) is 1. The predicted octanol–water partition coefficient (Wildman–Crippen LogP) is 2.71. The van der Waals surface area contributed by atoms with Crippen LogP contribution in [0.1, 0.15) is 17.0 Å². The highest BCUT2D eigenvalue weighted by atomic mass is 32.1. The quantitative estimate of drug-likeness (QED) is 0.863. The molecular formula is C11H15N3S. The summed E-state index contributed by atoms with van der Waals surface area (Å²) in [6, 6.07) is 2.09. The topological polar surface area (TPSA) is 29.9 Å². The van der Waals surface area contributed by atoms with Crippen molar-refractivity contribution in [2.45, 2.75) is 20.4 Å². The zero-order valence-electron chi connectivity index (χ0n) is 9.24. The number of hydrogen-bond donors (Lipinski definition) is 1. The molecule has 0 fully saturated rings. The molecule has 80 valence electrons. The first-order valence-corrected chi connectivity index (χ1v) is 5.88. The van der Waals surface area contributed by atoms with E-state index in [2.05, 4.69) is 41.1 Å². The summed E-state index contributed by atoms with van der Waals surface area (Å²) in [4.78, 5) is 0. The average molecular weight is 221 g/mol. The van der Waals surface area contributed by atoms with E-state index in [1.165, 1.54) is 16.9 Å². The fourth-order valence-corrected chi connectivity index (χ4v) is 2.24. The molecule has 0 amide bonds. The molecule has 0 atom stereocenters. The third kappa shape index (κ3) is 2.04. The van der Waals surface area contributed by atoms with Crippen molar-refractivity contribution in [2.75, 3.05) is 5.32 Å². The van der Waals surface area contributed by atoms with Crippen molar-refractivity contribution in [3.05, 3.63) is 33.8 Å². The lowest BCUT2D eigenvalue weighted by Gasteiger charge is -2.04. The first kappa shape index (κ1) is 10.2. The number of nitrogens with zero attached hydrogens (tertiary/aromatic N) is 2. The Balaban J connectivity index is 2.11. The van der Waals surface area contributed by atoms with Crippen molar-refractivity contribution in [1.82, 2.24) is 9.78 Å². The van der Waals surface area contributed by atoms with Gasteiger partial charge in [-0.05, 0) is 25.3 Å². The van der Waals surface area contributed by atoms with Crippen LogP contribution in [0, 0.1) is 13.8 Å². The number of rotatable bonds is 3. The van der Waals surface area contributed by atoms with Crippen LogP contribution in [-0.2, 0) is 13.6 Å². The highest BCUT2D eigenvalue weighted by Crippen LogP contribution is 2.16. The Labute approximate surface area is 93.7 Å². The summed E-state index contributed by atoms with van der Waals surface area (Å²) < 4.78 is 1.93. The summed E-state index contributed by atoms with van der Waals surface area (Å²) in [7, 11) is 1.98. The molecule has 1 N–H and O–H groups in total. The average Bonchev–Trinajstić information content (AvgIpc) is 2.76. The molecule has 15 heavy (non-hydrogen) atoms. The van der Waals surface area contributed by atoms with Crippen LogP contribution in [0.4, 0.5) is 5.69 Å². The molecule has 0 bridgehead atoms. The van der Waals surface area contributed by atoms with Gasteiger partial charge in [0.25, 0.3) is 0 Å². The Morgan fingerprint density at radius 2 is 2.27 bits per heavy atom. The second-order valence-corrected chi connectivity index (χ2v) is 4.42. The molecule has 0 unspecified atom stereocenters. The summed E-state index contributed by atoms with van der Waals surface area (Å²) in [5.41, 5.74) is 4.82. The van der Waals surface area contributed by atoms with Crippen molar-refractivity contribution in [3.8, 4) is 0 Å². The monoisotopic (exact) mass is 221 g/mol. The molecule has 0 aliphatic carbocycles. The van der Waals surface area contributed by atoms with Crippen LogP contribution in [0.3, 0.4) is 0 Å². The van der Waals surface area contributed by atoms with Crippen LogP contribution in [0.15, 0.2) is 16.8 Å². The zero-order valence-corrected chi connectivity index (χ0v) is 10.1. The summed E-state index contributed by atoms with van der Waals surface area (Å²) in [6.45, 7) is 5.00. The number of thiophene rings is 1. The molecule has 0 aliphatic rings. The molecule has 0 aliphatic heterocycles. The minimum absolute atomic E-state index is 0.849. The van der Waals surface area contributed by atoms with Gasteiger partial charge in [0, 0.05) is 35.9 Å². The maximum absolute atomic E-state index is 4.39. The molecule has 2 rings (SSSR count). The summed E-state index contributed by atoms with van der Waals surface area (Å²) >= 11 is 1.70. The first-order valence-electron chi connectivity index (χ1n) is 4.93. The predicted molar refractivity (Wildman–Crippen MR) is 64.3 cm³/mol. The Kier molecular flexibility index (Phi) is 2.77. The largest absolute Gasteiger partial charge is 0.380 e. The molecule has 0 saturated carbocycles. The molecule has 3 nitrogen and oxygen atoms in total. The molecule has 0 aromatic carbocycles. The van der Waals surface area contributed by atoms with Crippen molar-refractivity contribution in [1.29, 1.82) is 0 Å². The number of aromatic nitrogens is 2.